The monoisotopic (exact) mass is 260 g/mol. The van der Waals surface area contributed by atoms with Gasteiger partial charge in [0.05, 0.1) is 5.92 Å². The second-order valence-corrected chi connectivity index (χ2v) is 5.80. The summed E-state index contributed by atoms with van der Waals surface area (Å²) in [6, 6.07) is -0.0836. The fraction of sp³-hybridized carbons (Fsp3) is 0.818. The zero-order valence-electron chi connectivity index (χ0n) is 10.5. The molecular weight excluding hydrogens is 240 g/mol. The van der Waals surface area contributed by atoms with Gasteiger partial charge in [-0.05, 0) is 6.26 Å². The number of hydrogen-bond donors (Lipinski definition) is 2. The number of rotatable bonds is 5. The van der Waals surface area contributed by atoms with Crippen LogP contribution in [0.1, 0.15) is 13.8 Å². The van der Waals surface area contributed by atoms with Gasteiger partial charge in [0.2, 0.25) is 0 Å². The number of nitrogens with one attached hydrogen (secondary N) is 1. The first kappa shape index (κ1) is 14.2. The normalized spacial score (nSPS) is 19.4. The summed E-state index contributed by atoms with van der Waals surface area (Å²) >= 11 is 1.70. The highest BCUT2D eigenvalue weighted by Crippen LogP contribution is 2.23. The number of carboxylic acid groups (broad SMARTS) is 1. The van der Waals surface area contributed by atoms with Gasteiger partial charge in [0.15, 0.2) is 0 Å². The number of likely N-dealkylation sites (tertiary alicyclic amines) is 1. The molecule has 0 aliphatic carbocycles. The second-order valence-electron chi connectivity index (χ2n) is 4.52. The van der Waals surface area contributed by atoms with E-state index in [2.05, 4.69) is 12.2 Å². The Morgan fingerprint density at radius 2 is 2.06 bits per heavy atom. The van der Waals surface area contributed by atoms with E-state index in [0.717, 1.165) is 0 Å². The summed E-state index contributed by atoms with van der Waals surface area (Å²) in [4.78, 5) is 24.0. The summed E-state index contributed by atoms with van der Waals surface area (Å²) in [6.45, 7) is 5.49. The molecule has 0 radical (unpaired) electrons. The Labute approximate surface area is 106 Å². The first-order chi connectivity index (χ1) is 7.95. The second kappa shape index (κ2) is 6.14. The van der Waals surface area contributed by atoms with E-state index in [4.69, 9.17) is 5.11 Å². The molecule has 5 nitrogen and oxygen atoms in total. The molecule has 1 heterocycles. The maximum Gasteiger partial charge on any atom is 0.317 e. The lowest BCUT2D eigenvalue weighted by Crippen LogP contribution is -2.56. The molecule has 2 N–H and O–H groups in total. The van der Waals surface area contributed by atoms with Crippen LogP contribution in [-0.4, -0.2) is 53.1 Å². The summed E-state index contributed by atoms with van der Waals surface area (Å²) in [7, 11) is 0. The van der Waals surface area contributed by atoms with E-state index < -0.39 is 5.97 Å². The van der Waals surface area contributed by atoms with Crippen molar-refractivity contribution >= 4 is 23.8 Å². The van der Waals surface area contributed by atoms with Crippen LogP contribution in [0.5, 0.6) is 0 Å². The molecule has 98 valence electrons. The number of thioether (sulfide) groups is 1. The summed E-state index contributed by atoms with van der Waals surface area (Å²) in [6.07, 6.45) is 2.00. The highest BCUT2D eigenvalue weighted by Gasteiger charge is 2.37. The molecule has 6 heteroatoms. The van der Waals surface area contributed by atoms with E-state index in [1.807, 2.05) is 6.26 Å². The molecule has 2 atom stereocenters. The molecule has 1 aliphatic heterocycles. The van der Waals surface area contributed by atoms with Gasteiger partial charge in [-0.3, -0.25) is 4.79 Å². The van der Waals surface area contributed by atoms with Gasteiger partial charge in [-0.1, -0.05) is 13.8 Å². The standard InChI is InChI=1S/C11H20N2O3S/c1-7(17-3)4-12-11(16)13-5-9(6-13)8(2)10(14)15/h7-9H,4-6H2,1-3H3,(H,12,16)(H,14,15). The van der Waals surface area contributed by atoms with Crippen molar-refractivity contribution < 1.29 is 14.7 Å². The van der Waals surface area contributed by atoms with Crippen LogP contribution in [0.25, 0.3) is 0 Å². The van der Waals surface area contributed by atoms with Crippen molar-refractivity contribution in [1.29, 1.82) is 0 Å². The summed E-state index contributed by atoms with van der Waals surface area (Å²) in [5.74, 6) is -1.06. The number of nitrogens with zero attached hydrogens (tertiary/aromatic N) is 1. The SMILES string of the molecule is CSC(C)CNC(=O)N1CC(C(C)C(=O)O)C1. The van der Waals surface area contributed by atoms with E-state index >= 15 is 0 Å². The zero-order valence-corrected chi connectivity index (χ0v) is 11.3. The third kappa shape index (κ3) is 3.80. The van der Waals surface area contributed by atoms with Gasteiger partial charge in [0.25, 0.3) is 0 Å². The van der Waals surface area contributed by atoms with Crippen LogP contribution in [0.3, 0.4) is 0 Å². The Morgan fingerprint density at radius 3 is 2.53 bits per heavy atom. The summed E-state index contributed by atoms with van der Waals surface area (Å²) in [5, 5.41) is 12.1. The van der Waals surface area contributed by atoms with Crippen LogP contribution < -0.4 is 5.32 Å². The number of carbonyl (C=O) groups is 2. The lowest BCUT2D eigenvalue weighted by molar-refractivity contribution is -0.144. The van der Waals surface area contributed by atoms with Crippen LogP contribution in [0.2, 0.25) is 0 Å². The quantitative estimate of drug-likeness (QED) is 0.776. The van der Waals surface area contributed by atoms with Crippen LogP contribution in [-0.2, 0) is 4.79 Å². The topological polar surface area (TPSA) is 69.6 Å². The van der Waals surface area contributed by atoms with E-state index in [1.165, 1.54) is 0 Å². The van der Waals surface area contributed by atoms with Crippen molar-refractivity contribution in [3.63, 3.8) is 0 Å². The first-order valence-corrected chi connectivity index (χ1v) is 7.02. The van der Waals surface area contributed by atoms with Gasteiger partial charge < -0.3 is 15.3 Å². The van der Waals surface area contributed by atoms with Crippen LogP contribution in [0.4, 0.5) is 4.79 Å². The minimum atomic E-state index is -0.786. The summed E-state index contributed by atoms with van der Waals surface area (Å²) in [5.41, 5.74) is 0. The molecule has 1 saturated heterocycles. The maximum absolute atomic E-state index is 11.6. The Hall–Kier alpha value is -0.910. The van der Waals surface area contributed by atoms with Crippen LogP contribution in [0.15, 0.2) is 0 Å². The maximum atomic E-state index is 11.6. The van der Waals surface area contributed by atoms with Crippen LogP contribution >= 0.6 is 11.8 Å². The van der Waals surface area contributed by atoms with Crippen molar-refractivity contribution in [1.82, 2.24) is 10.2 Å². The van der Waals surface area contributed by atoms with Gasteiger partial charge in [-0.25, -0.2) is 4.79 Å². The predicted octanol–water partition coefficient (Wildman–Crippen LogP) is 1.10. The lowest BCUT2D eigenvalue weighted by Gasteiger charge is -2.41. The minimum absolute atomic E-state index is 0.0836. The van der Waals surface area contributed by atoms with Crippen molar-refractivity contribution in [2.24, 2.45) is 11.8 Å². The van der Waals surface area contributed by atoms with Crippen LogP contribution in [0, 0.1) is 11.8 Å². The van der Waals surface area contributed by atoms with Gasteiger partial charge in [-0.2, -0.15) is 11.8 Å². The van der Waals surface area contributed by atoms with Crippen molar-refractivity contribution in [2.75, 3.05) is 25.9 Å². The lowest BCUT2D eigenvalue weighted by atomic mass is 9.87. The highest BCUT2D eigenvalue weighted by atomic mass is 32.2. The van der Waals surface area contributed by atoms with E-state index in [9.17, 15) is 9.59 Å². The minimum Gasteiger partial charge on any atom is -0.481 e. The largest absolute Gasteiger partial charge is 0.481 e. The Bertz CT molecular complexity index is 292. The molecule has 1 aliphatic rings. The number of carboxylic acids is 1. The Balaban J connectivity index is 2.23. The number of aliphatic carboxylic acids is 1. The third-order valence-electron chi connectivity index (χ3n) is 3.24. The Kier molecular flexibility index (Phi) is 5.11. The number of urea groups is 1. The zero-order chi connectivity index (χ0) is 13.0. The molecule has 2 amide bonds. The van der Waals surface area contributed by atoms with E-state index in [1.54, 1.807) is 23.6 Å². The average molecular weight is 260 g/mol. The molecule has 0 bridgehead atoms. The van der Waals surface area contributed by atoms with Crippen molar-refractivity contribution in [3.8, 4) is 0 Å². The number of hydrogen-bond acceptors (Lipinski definition) is 3. The average Bonchev–Trinajstić information content (AvgIpc) is 2.23. The first-order valence-electron chi connectivity index (χ1n) is 5.74. The summed E-state index contributed by atoms with van der Waals surface area (Å²) < 4.78 is 0. The van der Waals surface area contributed by atoms with E-state index in [-0.39, 0.29) is 17.9 Å². The fourth-order valence-corrected chi connectivity index (χ4v) is 1.87. The molecule has 1 fully saturated rings. The van der Waals surface area contributed by atoms with Gasteiger partial charge in [0, 0.05) is 30.8 Å². The molecule has 0 aromatic rings. The number of amides is 2. The predicted molar refractivity (Wildman–Crippen MR) is 68.2 cm³/mol. The smallest absolute Gasteiger partial charge is 0.317 e. The van der Waals surface area contributed by atoms with Gasteiger partial charge in [0.1, 0.15) is 0 Å². The van der Waals surface area contributed by atoms with Crippen molar-refractivity contribution in [2.45, 2.75) is 19.1 Å². The molecule has 0 aromatic carbocycles. The van der Waals surface area contributed by atoms with E-state index in [0.29, 0.717) is 24.9 Å². The molecule has 2 unspecified atom stereocenters. The Morgan fingerprint density at radius 1 is 1.47 bits per heavy atom. The fourth-order valence-electron chi connectivity index (χ4n) is 1.62. The third-order valence-corrected chi connectivity index (χ3v) is 4.21. The molecular formula is C11H20N2O3S. The number of carbonyl (C=O) groups excluding carboxylic acids is 1. The van der Waals surface area contributed by atoms with Gasteiger partial charge in [-0.15, -0.1) is 0 Å². The van der Waals surface area contributed by atoms with Gasteiger partial charge >= 0.3 is 12.0 Å². The molecule has 1 rings (SSSR count). The molecule has 17 heavy (non-hydrogen) atoms. The molecule has 0 spiro atoms. The highest BCUT2D eigenvalue weighted by molar-refractivity contribution is 7.99. The molecule has 0 aromatic heterocycles. The van der Waals surface area contributed by atoms with Crippen molar-refractivity contribution in [3.05, 3.63) is 0 Å². The molecule has 0 saturated carbocycles.